The molecule has 0 saturated carbocycles. The number of nitro groups is 1. The second-order valence-electron chi connectivity index (χ2n) is 6.68. The molecule has 1 unspecified atom stereocenters. The Balaban J connectivity index is 2.12. The summed E-state index contributed by atoms with van der Waals surface area (Å²) in [5.41, 5.74) is 1.90. The van der Waals surface area contributed by atoms with Crippen LogP contribution in [0, 0.1) is 16.0 Å². The van der Waals surface area contributed by atoms with Gasteiger partial charge < -0.3 is 20.5 Å². The first-order valence-electron chi connectivity index (χ1n) is 9.19. The highest BCUT2D eigenvalue weighted by molar-refractivity contribution is 7.09. The summed E-state index contributed by atoms with van der Waals surface area (Å²) in [4.78, 5) is 37.0. The number of carboxylic acid groups (broad SMARTS) is 1. The molecule has 0 radical (unpaired) electrons. The molecule has 1 amide bonds. The van der Waals surface area contributed by atoms with Gasteiger partial charge in [0.1, 0.15) is 11.3 Å². The molecular formula is C19H24N4O5S. The van der Waals surface area contributed by atoms with Crippen LogP contribution in [0.2, 0.25) is 0 Å². The Morgan fingerprint density at radius 1 is 1.34 bits per heavy atom. The van der Waals surface area contributed by atoms with E-state index in [4.69, 9.17) is 5.11 Å². The molecule has 3 N–H and O–H groups in total. The molecule has 156 valence electrons. The lowest BCUT2D eigenvalue weighted by molar-refractivity contribution is -0.384. The van der Waals surface area contributed by atoms with E-state index < -0.39 is 17.1 Å². The molecular weight excluding hydrogens is 396 g/mol. The molecule has 0 fully saturated rings. The van der Waals surface area contributed by atoms with E-state index in [-0.39, 0.29) is 17.5 Å². The van der Waals surface area contributed by atoms with Crippen LogP contribution >= 0.6 is 11.3 Å². The molecule has 2 rings (SSSR count). The SMILES string of the molecule is CCc1csc([C@@H](CNC[C@@H](C)C(C=O)NC(=O)O)c2ccc([N+](=O)[O-])cc2)n1. The third-order valence-electron chi connectivity index (χ3n) is 4.60. The molecule has 9 nitrogen and oxygen atoms in total. The predicted molar refractivity (Wildman–Crippen MR) is 109 cm³/mol. The van der Waals surface area contributed by atoms with E-state index in [9.17, 15) is 19.7 Å². The van der Waals surface area contributed by atoms with Crippen molar-refractivity contribution >= 4 is 29.4 Å². The summed E-state index contributed by atoms with van der Waals surface area (Å²) in [6.45, 7) is 4.72. The van der Waals surface area contributed by atoms with Gasteiger partial charge in [0.25, 0.3) is 5.69 Å². The maximum atomic E-state index is 11.1. The van der Waals surface area contributed by atoms with Gasteiger partial charge in [0.05, 0.1) is 16.7 Å². The lowest BCUT2D eigenvalue weighted by Gasteiger charge is -2.21. The number of hydrogen-bond acceptors (Lipinski definition) is 7. The van der Waals surface area contributed by atoms with Crippen LogP contribution in [0.1, 0.15) is 36.0 Å². The average molecular weight is 420 g/mol. The van der Waals surface area contributed by atoms with Crippen LogP contribution in [0.5, 0.6) is 0 Å². The first kappa shape index (κ1) is 22.4. The van der Waals surface area contributed by atoms with Gasteiger partial charge in [-0.2, -0.15) is 0 Å². The topological polar surface area (TPSA) is 134 Å². The minimum atomic E-state index is -1.24. The maximum absolute atomic E-state index is 11.1. The normalized spacial score (nSPS) is 14.0. The summed E-state index contributed by atoms with van der Waals surface area (Å²) in [5.74, 6) is -0.362. The van der Waals surface area contributed by atoms with E-state index in [0.29, 0.717) is 19.4 Å². The third kappa shape index (κ3) is 6.33. The summed E-state index contributed by atoms with van der Waals surface area (Å²) >= 11 is 1.53. The first-order chi connectivity index (χ1) is 13.8. The van der Waals surface area contributed by atoms with Crippen LogP contribution in [0.15, 0.2) is 29.6 Å². The van der Waals surface area contributed by atoms with Crippen molar-refractivity contribution in [3.63, 3.8) is 0 Å². The van der Waals surface area contributed by atoms with E-state index in [0.717, 1.165) is 22.7 Å². The van der Waals surface area contributed by atoms with E-state index in [1.54, 1.807) is 19.1 Å². The zero-order valence-electron chi connectivity index (χ0n) is 16.2. The molecule has 0 bridgehead atoms. The Bertz CT molecular complexity index is 839. The highest BCUT2D eigenvalue weighted by Gasteiger charge is 2.22. The minimum absolute atomic E-state index is 0.0241. The summed E-state index contributed by atoms with van der Waals surface area (Å²) in [6.07, 6.45) is 0.158. The summed E-state index contributed by atoms with van der Waals surface area (Å²) in [5, 5.41) is 28.1. The van der Waals surface area contributed by atoms with Crippen LogP contribution in [-0.4, -0.2) is 46.5 Å². The average Bonchev–Trinajstić information content (AvgIpc) is 3.18. The first-order valence-corrected chi connectivity index (χ1v) is 10.1. The lowest BCUT2D eigenvalue weighted by Crippen LogP contribution is -2.43. The Morgan fingerprint density at radius 2 is 2.03 bits per heavy atom. The largest absolute Gasteiger partial charge is 0.465 e. The number of rotatable bonds is 11. The fraction of sp³-hybridized carbons (Fsp3) is 0.421. The van der Waals surface area contributed by atoms with E-state index >= 15 is 0 Å². The summed E-state index contributed by atoms with van der Waals surface area (Å²) in [7, 11) is 0. The van der Waals surface area contributed by atoms with Crippen molar-refractivity contribution < 1.29 is 19.6 Å². The number of carbonyl (C=O) groups excluding carboxylic acids is 1. The standard InChI is InChI=1S/C19H24N4O5S/c1-3-14-11-29-18(21-14)16(13-4-6-15(7-5-13)23(27)28)9-20-8-12(2)17(10-24)22-19(25)26/h4-7,10-12,16-17,20,22H,3,8-9H2,1-2H3,(H,25,26)/t12-,16+,17?/m1/s1. The van der Waals surface area contributed by atoms with Crippen LogP contribution in [0.3, 0.4) is 0 Å². The molecule has 1 heterocycles. The number of aldehydes is 1. The zero-order valence-corrected chi connectivity index (χ0v) is 17.0. The van der Waals surface area contributed by atoms with E-state index in [2.05, 4.69) is 15.6 Å². The minimum Gasteiger partial charge on any atom is -0.465 e. The summed E-state index contributed by atoms with van der Waals surface area (Å²) in [6, 6.07) is 5.59. The lowest BCUT2D eigenvalue weighted by atomic mass is 9.98. The van der Waals surface area contributed by atoms with Crippen molar-refractivity contribution in [3.8, 4) is 0 Å². The number of nitrogens with one attached hydrogen (secondary N) is 2. The molecule has 0 aliphatic rings. The number of carbonyl (C=O) groups is 2. The number of nitro benzene ring substituents is 1. The Kier molecular flexibility index (Phi) is 8.22. The van der Waals surface area contributed by atoms with Crippen molar-refractivity contribution in [3.05, 3.63) is 56.0 Å². The molecule has 3 atom stereocenters. The number of non-ortho nitro benzene ring substituents is 1. The van der Waals surface area contributed by atoms with Crippen LogP contribution in [-0.2, 0) is 11.2 Å². The molecule has 29 heavy (non-hydrogen) atoms. The van der Waals surface area contributed by atoms with Gasteiger partial charge >= 0.3 is 6.09 Å². The van der Waals surface area contributed by atoms with Crippen molar-refractivity contribution in [2.24, 2.45) is 5.92 Å². The Hall–Kier alpha value is -2.85. The number of aromatic nitrogens is 1. The molecule has 0 aliphatic carbocycles. The van der Waals surface area contributed by atoms with Gasteiger partial charge in [0.15, 0.2) is 0 Å². The number of aryl methyl sites for hydroxylation is 1. The van der Waals surface area contributed by atoms with Gasteiger partial charge in [-0.3, -0.25) is 10.1 Å². The smallest absolute Gasteiger partial charge is 0.405 e. The van der Waals surface area contributed by atoms with Gasteiger partial charge in [-0.25, -0.2) is 9.78 Å². The van der Waals surface area contributed by atoms with Gasteiger partial charge in [-0.05, 0) is 17.9 Å². The van der Waals surface area contributed by atoms with Crippen molar-refractivity contribution in [2.75, 3.05) is 13.1 Å². The molecule has 1 aromatic carbocycles. The number of benzene rings is 1. The Labute approximate surface area is 172 Å². The molecule has 2 aromatic rings. The quantitative estimate of drug-likeness (QED) is 0.289. The molecule has 0 saturated heterocycles. The van der Waals surface area contributed by atoms with Crippen molar-refractivity contribution in [1.29, 1.82) is 0 Å². The molecule has 0 spiro atoms. The van der Waals surface area contributed by atoms with Gasteiger partial charge in [0, 0.05) is 36.5 Å². The van der Waals surface area contributed by atoms with Crippen molar-refractivity contribution in [1.82, 2.24) is 15.6 Å². The highest BCUT2D eigenvalue weighted by Crippen LogP contribution is 2.28. The van der Waals surface area contributed by atoms with Crippen LogP contribution < -0.4 is 10.6 Å². The maximum Gasteiger partial charge on any atom is 0.405 e. The van der Waals surface area contributed by atoms with Crippen molar-refractivity contribution in [2.45, 2.75) is 32.2 Å². The number of thiazole rings is 1. The fourth-order valence-electron chi connectivity index (χ4n) is 2.86. The monoisotopic (exact) mass is 420 g/mol. The highest BCUT2D eigenvalue weighted by atomic mass is 32.1. The molecule has 0 aliphatic heterocycles. The number of nitrogens with zero attached hydrogens (tertiary/aromatic N) is 2. The van der Waals surface area contributed by atoms with E-state index in [1.165, 1.54) is 23.5 Å². The van der Waals surface area contributed by atoms with E-state index in [1.807, 2.05) is 12.3 Å². The van der Waals surface area contributed by atoms with Crippen LogP contribution in [0.4, 0.5) is 10.5 Å². The molecule has 10 heteroatoms. The van der Waals surface area contributed by atoms with Gasteiger partial charge in [0.2, 0.25) is 0 Å². The Morgan fingerprint density at radius 3 is 2.55 bits per heavy atom. The predicted octanol–water partition coefficient (Wildman–Crippen LogP) is 2.81. The number of hydrogen-bond donors (Lipinski definition) is 3. The summed E-state index contributed by atoms with van der Waals surface area (Å²) < 4.78 is 0. The number of amides is 1. The zero-order chi connectivity index (χ0) is 21.4. The van der Waals surface area contributed by atoms with Gasteiger partial charge in [-0.15, -0.1) is 11.3 Å². The second-order valence-corrected chi connectivity index (χ2v) is 7.57. The second kappa shape index (κ2) is 10.6. The van der Waals surface area contributed by atoms with Gasteiger partial charge in [-0.1, -0.05) is 26.0 Å². The molecule has 1 aromatic heterocycles. The van der Waals surface area contributed by atoms with Crippen LogP contribution in [0.25, 0.3) is 0 Å². The third-order valence-corrected chi connectivity index (χ3v) is 5.61. The fourth-order valence-corrected chi connectivity index (χ4v) is 3.89.